The van der Waals surface area contributed by atoms with Crippen LogP contribution >= 0.6 is 0 Å². The molecule has 0 spiro atoms. The number of hydrogen-bond donors (Lipinski definition) is 0. The van der Waals surface area contributed by atoms with Crippen molar-refractivity contribution in [2.75, 3.05) is 4.90 Å². The maximum Gasteiger partial charge on any atom is 0.0546 e. The summed E-state index contributed by atoms with van der Waals surface area (Å²) < 4.78 is 2.54. The van der Waals surface area contributed by atoms with Crippen molar-refractivity contribution in [1.29, 1.82) is 0 Å². The van der Waals surface area contributed by atoms with E-state index in [1.807, 2.05) is 0 Å². The van der Waals surface area contributed by atoms with E-state index in [2.05, 4.69) is 219 Å². The summed E-state index contributed by atoms with van der Waals surface area (Å²) in [4.78, 5) is 2.36. The molecule has 0 fully saturated rings. The first kappa shape index (κ1) is 36.0. The van der Waals surface area contributed by atoms with Crippen LogP contribution in [0, 0.1) is 0 Å². The molecule has 2 nitrogen and oxygen atoms in total. The number of benzene rings is 7. The minimum atomic E-state index is 0.147. The molecular formula is C56H50N2. The first-order valence-corrected chi connectivity index (χ1v) is 21.0. The molecule has 7 aromatic carbocycles. The van der Waals surface area contributed by atoms with Gasteiger partial charge in [-0.05, 0) is 136 Å². The predicted octanol–water partition coefficient (Wildman–Crippen LogP) is 13.8. The van der Waals surface area contributed by atoms with Gasteiger partial charge in [0.05, 0.1) is 5.52 Å². The molecule has 58 heavy (non-hydrogen) atoms. The van der Waals surface area contributed by atoms with Crippen LogP contribution in [0.5, 0.6) is 0 Å². The van der Waals surface area contributed by atoms with Crippen molar-refractivity contribution in [3.63, 3.8) is 0 Å². The summed E-state index contributed by atoms with van der Waals surface area (Å²) in [5.74, 6) is 0. The zero-order chi connectivity index (χ0) is 39.4. The third kappa shape index (κ3) is 6.38. The van der Waals surface area contributed by atoms with Crippen LogP contribution in [0.2, 0.25) is 0 Å². The minimum Gasteiger partial charge on any atom is -0.311 e. The normalized spacial score (nSPS) is 15.2. The van der Waals surface area contributed by atoms with Crippen LogP contribution in [0.25, 0.3) is 62.1 Å². The fraction of sp³-hybridized carbons (Fsp3) is 0.179. The molecule has 8 aromatic rings. The van der Waals surface area contributed by atoms with E-state index in [1.165, 1.54) is 84.5 Å². The van der Waals surface area contributed by atoms with E-state index < -0.39 is 0 Å². The van der Waals surface area contributed by atoms with Crippen LogP contribution in [0.1, 0.15) is 64.5 Å². The van der Waals surface area contributed by atoms with Crippen molar-refractivity contribution in [3.05, 3.63) is 192 Å². The lowest BCUT2D eigenvalue weighted by Crippen LogP contribution is -2.34. The highest BCUT2D eigenvalue weighted by Crippen LogP contribution is 2.46. The zero-order valence-electron chi connectivity index (χ0n) is 34.0. The van der Waals surface area contributed by atoms with Gasteiger partial charge < -0.3 is 9.47 Å². The third-order valence-electron chi connectivity index (χ3n) is 12.9. The van der Waals surface area contributed by atoms with Crippen molar-refractivity contribution in [2.24, 2.45) is 0 Å². The van der Waals surface area contributed by atoms with Crippen LogP contribution in [-0.2, 0) is 10.8 Å². The summed E-state index contributed by atoms with van der Waals surface area (Å²) in [6, 6.07) is 62.6. The topological polar surface area (TPSA) is 8.17 Å². The van der Waals surface area contributed by atoms with Crippen molar-refractivity contribution in [2.45, 2.75) is 64.2 Å². The Morgan fingerprint density at radius 2 is 0.897 bits per heavy atom. The Morgan fingerprint density at radius 1 is 0.431 bits per heavy atom. The van der Waals surface area contributed by atoms with Crippen molar-refractivity contribution in [3.8, 4) is 39.1 Å². The van der Waals surface area contributed by atoms with Crippen LogP contribution in [-0.4, -0.2) is 4.57 Å². The molecule has 2 aliphatic carbocycles. The van der Waals surface area contributed by atoms with E-state index in [4.69, 9.17) is 0 Å². The number of hydrogen-bond acceptors (Lipinski definition) is 1. The van der Waals surface area contributed by atoms with Crippen molar-refractivity contribution < 1.29 is 0 Å². The van der Waals surface area contributed by atoms with E-state index in [0.29, 0.717) is 0 Å². The molecule has 0 saturated heterocycles. The Labute approximate surface area is 343 Å². The van der Waals surface area contributed by atoms with Gasteiger partial charge in [0.15, 0.2) is 0 Å². The van der Waals surface area contributed by atoms with E-state index in [1.54, 1.807) is 0 Å². The molecule has 2 heteroatoms. The number of fused-ring (bicyclic) bond motifs is 4. The van der Waals surface area contributed by atoms with E-state index >= 15 is 0 Å². The van der Waals surface area contributed by atoms with Gasteiger partial charge in [-0.1, -0.05) is 155 Å². The van der Waals surface area contributed by atoms with Gasteiger partial charge in [0, 0.05) is 38.7 Å². The number of rotatable bonds is 7. The number of aromatic nitrogens is 1. The minimum absolute atomic E-state index is 0.147. The third-order valence-corrected chi connectivity index (χ3v) is 12.9. The average molecular weight is 751 g/mol. The standard InChI is InChI=1S/C56H50N2/c1-55(2)35-36-56(3,4)52-38-48(32-34-51(52)55)58-53-18-12-11-17-49(53)50-33-25-44(37-54(50)58)43-23-30-47(31-24-43)57(45-26-19-41(20-27-45)39-13-7-5-8-14-39)46-28-21-42(22-29-46)40-15-9-6-10-16-40/h5-10,13-34,37-38H,11-12,35-36H2,1-4H3. The Kier molecular flexibility index (Phi) is 8.82. The summed E-state index contributed by atoms with van der Waals surface area (Å²) in [7, 11) is 0. The van der Waals surface area contributed by atoms with Crippen molar-refractivity contribution >= 4 is 40.1 Å². The molecule has 0 radical (unpaired) electrons. The Morgan fingerprint density at radius 3 is 1.45 bits per heavy atom. The Balaban J connectivity index is 1.05. The van der Waals surface area contributed by atoms with Gasteiger partial charge in [0.1, 0.15) is 0 Å². The summed E-state index contributed by atoms with van der Waals surface area (Å²) in [5.41, 5.74) is 16.5. The summed E-state index contributed by atoms with van der Waals surface area (Å²) in [6.45, 7) is 9.68. The largest absolute Gasteiger partial charge is 0.311 e. The summed E-state index contributed by atoms with van der Waals surface area (Å²) >= 11 is 0. The predicted molar refractivity (Wildman–Crippen MR) is 247 cm³/mol. The average Bonchev–Trinajstić information content (AvgIpc) is 3.60. The highest BCUT2D eigenvalue weighted by atomic mass is 15.1. The SMILES string of the molecule is CC1(C)CCC(C)(C)c2cc(-n3c4c(c5ccc(-c6ccc(N(c7ccc(-c8ccccc8)cc7)c7ccc(-c8ccccc8)cc7)cc6)cc53)=CCCC=4)ccc21. The van der Waals surface area contributed by atoms with E-state index in [9.17, 15) is 0 Å². The van der Waals surface area contributed by atoms with Gasteiger partial charge in [-0.3, -0.25) is 0 Å². The molecule has 10 rings (SSSR count). The van der Waals surface area contributed by atoms with Crippen molar-refractivity contribution in [1.82, 2.24) is 4.57 Å². The lowest BCUT2D eigenvalue weighted by atomic mass is 9.63. The van der Waals surface area contributed by atoms with Gasteiger partial charge in [0.25, 0.3) is 0 Å². The number of anilines is 3. The first-order valence-electron chi connectivity index (χ1n) is 21.0. The molecule has 0 saturated carbocycles. The Bertz CT molecular complexity index is 2810. The molecule has 0 atom stereocenters. The maximum absolute atomic E-state index is 2.54. The lowest BCUT2D eigenvalue weighted by Gasteiger charge is -2.42. The van der Waals surface area contributed by atoms with E-state index in [-0.39, 0.29) is 10.8 Å². The van der Waals surface area contributed by atoms with E-state index in [0.717, 1.165) is 29.9 Å². The van der Waals surface area contributed by atoms with Crippen LogP contribution in [0.3, 0.4) is 0 Å². The molecule has 284 valence electrons. The lowest BCUT2D eigenvalue weighted by molar-refractivity contribution is 0.332. The molecule has 0 aliphatic heterocycles. The van der Waals surface area contributed by atoms with Crippen LogP contribution in [0.15, 0.2) is 170 Å². The fourth-order valence-electron chi connectivity index (χ4n) is 9.49. The quantitative estimate of drug-likeness (QED) is 0.157. The van der Waals surface area contributed by atoms with Gasteiger partial charge in [-0.15, -0.1) is 0 Å². The molecule has 0 N–H and O–H groups in total. The summed E-state index contributed by atoms with van der Waals surface area (Å²) in [5, 5.41) is 4.02. The second-order valence-corrected chi connectivity index (χ2v) is 17.6. The second-order valence-electron chi connectivity index (χ2n) is 17.6. The Hall–Kier alpha value is -6.38. The van der Waals surface area contributed by atoms with Crippen LogP contribution in [0.4, 0.5) is 17.1 Å². The van der Waals surface area contributed by atoms with Crippen LogP contribution < -0.4 is 15.5 Å². The fourth-order valence-corrected chi connectivity index (χ4v) is 9.49. The maximum atomic E-state index is 2.54. The highest BCUT2D eigenvalue weighted by molar-refractivity contribution is 5.89. The number of nitrogens with zero attached hydrogens (tertiary/aromatic N) is 2. The molecule has 1 heterocycles. The first-order chi connectivity index (χ1) is 28.2. The second kappa shape index (κ2) is 14.2. The molecule has 0 amide bonds. The molecule has 0 bridgehead atoms. The molecule has 2 aliphatic rings. The molecular weight excluding hydrogens is 701 g/mol. The highest BCUT2D eigenvalue weighted by Gasteiger charge is 2.37. The molecule has 0 unspecified atom stereocenters. The molecule has 1 aromatic heterocycles. The van der Waals surface area contributed by atoms with Gasteiger partial charge >= 0.3 is 0 Å². The van der Waals surface area contributed by atoms with Gasteiger partial charge in [0.2, 0.25) is 0 Å². The zero-order valence-corrected chi connectivity index (χ0v) is 34.0. The van der Waals surface area contributed by atoms with Gasteiger partial charge in [-0.2, -0.15) is 0 Å². The van der Waals surface area contributed by atoms with Gasteiger partial charge in [-0.25, -0.2) is 0 Å². The smallest absolute Gasteiger partial charge is 0.0546 e. The summed E-state index contributed by atoms with van der Waals surface area (Å²) in [6.07, 6.45) is 9.48. The monoisotopic (exact) mass is 750 g/mol.